The minimum absolute atomic E-state index is 0. The van der Waals surface area contributed by atoms with Gasteiger partial charge in [-0.25, -0.2) is 9.38 Å². The van der Waals surface area contributed by atoms with Gasteiger partial charge in [0, 0.05) is 37.2 Å². The minimum Gasteiger partial charge on any atom is -0.383 e. The Hall–Kier alpha value is -3.11. The van der Waals surface area contributed by atoms with Crippen molar-refractivity contribution in [2.24, 2.45) is 10.7 Å². The predicted octanol–water partition coefficient (Wildman–Crippen LogP) is 2.88. The molecule has 1 saturated heterocycles. The minimum atomic E-state index is -0.619. The van der Waals surface area contributed by atoms with Crippen LogP contribution in [0.3, 0.4) is 0 Å². The molecule has 0 saturated carbocycles. The Kier molecular flexibility index (Phi) is 5.25. The van der Waals surface area contributed by atoms with Crippen LogP contribution < -0.4 is 11.1 Å². The van der Waals surface area contributed by atoms with Gasteiger partial charge in [0.05, 0.1) is 17.2 Å². The second-order valence-corrected chi connectivity index (χ2v) is 6.80. The van der Waals surface area contributed by atoms with Crippen LogP contribution in [-0.2, 0) is 0 Å². The molecule has 0 bridgehead atoms. The van der Waals surface area contributed by atoms with Crippen LogP contribution in [0.1, 0.15) is 34.3 Å². The summed E-state index contributed by atoms with van der Waals surface area (Å²) in [6.07, 6.45) is 1.15. The molecule has 1 fully saturated rings. The highest BCUT2D eigenvalue weighted by molar-refractivity contribution is 6.04. The summed E-state index contributed by atoms with van der Waals surface area (Å²) < 4.78 is 14.0. The Balaban J connectivity index is 0.00000225. The number of aliphatic imine (C=N–C) groups is 1. The summed E-state index contributed by atoms with van der Waals surface area (Å²) in [5.74, 6) is -0.285. The van der Waals surface area contributed by atoms with E-state index in [1.807, 2.05) is 6.07 Å². The van der Waals surface area contributed by atoms with Gasteiger partial charge in [0.15, 0.2) is 0 Å². The number of amidine groups is 1. The maximum Gasteiger partial charge on any atom is 0.253 e. The van der Waals surface area contributed by atoms with Crippen LogP contribution in [0.2, 0.25) is 0 Å². The third kappa shape index (κ3) is 3.39. The van der Waals surface area contributed by atoms with Crippen molar-refractivity contribution >= 4 is 29.8 Å². The average Bonchev–Trinajstić information content (AvgIpc) is 2.68. The number of fused-ring (bicyclic) bond motifs is 1. The van der Waals surface area contributed by atoms with Gasteiger partial charge >= 0.3 is 0 Å². The number of nitrogens with two attached hydrogens (primary N) is 1. The largest absolute Gasteiger partial charge is 0.383 e. The van der Waals surface area contributed by atoms with Crippen LogP contribution >= 0.6 is 12.4 Å². The molecule has 2 heterocycles. The van der Waals surface area contributed by atoms with Crippen molar-refractivity contribution < 1.29 is 9.18 Å². The molecular weight excluding hydrogens is 381 g/mol. The Bertz CT molecular complexity index is 975. The lowest BCUT2D eigenvalue weighted by Gasteiger charge is -2.42. The quantitative estimate of drug-likeness (QED) is 0.770. The highest BCUT2D eigenvalue weighted by atomic mass is 35.5. The topological polar surface area (TPSA) is 94.5 Å². The number of amides is 1. The van der Waals surface area contributed by atoms with Crippen LogP contribution in [0.25, 0.3) is 0 Å². The molecule has 8 heteroatoms. The van der Waals surface area contributed by atoms with E-state index in [1.54, 1.807) is 41.3 Å². The van der Waals surface area contributed by atoms with E-state index in [-0.39, 0.29) is 24.1 Å². The van der Waals surface area contributed by atoms with Gasteiger partial charge < -0.3 is 16.0 Å². The van der Waals surface area contributed by atoms with Crippen molar-refractivity contribution in [3.63, 3.8) is 0 Å². The second kappa shape index (κ2) is 7.49. The maximum absolute atomic E-state index is 14.0. The van der Waals surface area contributed by atoms with Crippen molar-refractivity contribution in [2.75, 3.05) is 18.4 Å². The van der Waals surface area contributed by atoms with E-state index in [4.69, 9.17) is 11.0 Å². The number of nitrogens with one attached hydrogen (secondary N) is 1. The lowest BCUT2D eigenvalue weighted by atomic mass is 9.93. The molecule has 4 rings (SSSR count). The summed E-state index contributed by atoms with van der Waals surface area (Å²) >= 11 is 0. The summed E-state index contributed by atoms with van der Waals surface area (Å²) in [6, 6.07) is 13.4. The van der Waals surface area contributed by atoms with E-state index >= 15 is 0 Å². The Morgan fingerprint density at radius 2 is 1.89 bits per heavy atom. The highest BCUT2D eigenvalue weighted by Crippen LogP contribution is 2.35. The predicted molar refractivity (Wildman–Crippen MR) is 107 cm³/mol. The SMILES string of the molecule is Cl.N#Cc1ccc(C(=O)N2CCC3(CC2)N=C(N)c2c(F)cccc2N3)cc1. The highest BCUT2D eigenvalue weighted by Gasteiger charge is 2.39. The van der Waals surface area contributed by atoms with Crippen LogP contribution in [0.5, 0.6) is 0 Å². The number of hydrogen-bond acceptors (Lipinski definition) is 5. The van der Waals surface area contributed by atoms with E-state index in [2.05, 4.69) is 10.3 Å². The third-order valence-electron chi connectivity index (χ3n) is 5.11. The van der Waals surface area contributed by atoms with Crippen molar-refractivity contribution in [3.8, 4) is 6.07 Å². The van der Waals surface area contributed by atoms with E-state index in [1.165, 1.54) is 6.07 Å². The first-order valence-electron chi connectivity index (χ1n) is 8.73. The number of carbonyl (C=O) groups is 1. The Labute approximate surface area is 168 Å². The monoisotopic (exact) mass is 399 g/mol. The summed E-state index contributed by atoms with van der Waals surface area (Å²) in [6.45, 7) is 1.01. The van der Waals surface area contributed by atoms with Gasteiger partial charge in [-0.15, -0.1) is 12.4 Å². The fourth-order valence-electron chi connectivity index (χ4n) is 3.64. The molecule has 2 aromatic carbocycles. The molecule has 6 nitrogen and oxygen atoms in total. The molecule has 0 radical (unpaired) electrons. The number of rotatable bonds is 1. The number of anilines is 1. The molecule has 0 unspecified atom stereocenters. The fourth-order valence-corrected chi connectivity index (χ4v) is 3.64. The molecule has 3 N–H and O–H groups in total. The van der Waals surface area contributed by atoms with E-state index in [0.29, 0.717) is 48.3 Å². The van der Waals surface area contributed by atoms with Gasteiger partial charge in [0.2, 0.25) is 0 Å². The summed E-state index contributed by atoms with van der Waals surface area (Å²) in [7, 11) is 0. The zero-order valence-electron chi connectivity index (χ0n) is 15.0. The number of piperidine rings is 1. The molecule has 1 spiro atoms. The molecular formula is C20H19ClFN5O. The lowest BCUT2D eigenvalue weighted by Crippen LogP contribution is -2.52. The van der Waals surface area contributed by atoms with Crippen LogP contribution in [0.4, 0.5) is 10.1 Å². The van der Waals surface area contributed by atoms with Crippen molar-refractivity contribution in [1.82, 2.24) is 4.90 Å². The second-order valence-electron chi connectivity index (χ2n) is 6.80. The molecule has 2 aliphatic rings. The van der Waals surface area contributed by atoms with Crippen LogP contribution in [-0.4, -0.2) is 35.4 Å². The molecule has 2 aromatic rings. The number of benzene rings is 2. The van der Waals surface area contributed by atoms with E-state index in [0.717, 1.165) is 0 Å². The maximum atomic E-state index is 14.0. The number of carbonyl (C=O) groups excluding carboxylic acids is 1. The summed E-state index contributed by atoms with van der Waals surface area (Å²) in [5.41, 5.74) is 7.42. The van der Waals surface area contributed by atoms with Gasteiger partial charge in [-0.05, 0) is 36.4 Å². The zero-order valence-corrected chi connectivity index (χ0v) is 15.8. The van der Waals surface area contributed by atoms with Crippen molar-refractivity contribution in [2.45, 2.75) is 18.5 Å². The number of likely N-dealkylation sites (tertiary alicyclic amines) is 1. The summed E-state index contributed by atoms with van der Waals surface area (Å²) in [4.78, 5) is 19.0. The number of nitrogens with zero attached hydrogens (tertiary/aromatic N) is 3. The van der Waals surface area contributed by atoms with Gasteiger partial charge in [0.1, 0.15) is 17.3 Å². The van der Waals surface area contributed by atoms with E-state index < -0.39 is 11.5 Å². The molecule has 2 aliphatic heterocycles. The first-order chi connectivity index (χ1) is 13.0. The van der Waals surface area contributed by atoms with Gasteiger partial charge in [-0.3, -0.25) is 4.79 Å². The normalized spacial score (nSPS) is 16.9. The third-order valence-corrected chi connectivity index (χ3v) is 5.11. The molecule has 1 amide bonds. The molecule has 0 atom stereocenters. The molecule has 28 heavy (non-hydrogen) atoms. The first-order valence-corrected chi connectivity index (χ1v) is 8.73. The number of hydrogen-bond donors (Lipinski definition) is 2. The molecule has 0 aromatic heterocycles. The molecule has 0 aliphatic carbocycles. The summed E-state index contributed by atoms with van der Waals surface area (Å²) in [5, 5.41) is 12.2. The Morgan fingerprint density at radius 3 is 2.54 bits per heavy atom. The van der Waals surface area contributed by atoms with Crippen molar-refractivity contribution in [1.29, 1.82) is 5.26 Å². The van der Waals surface area contributed by atoms with Crippen LogP contribution in [0, 0.1) is 17.1 Å². The Morgan fingerprint density at radius 1 is 1.21 bits per heavy atom. The van der Waals surface area contributed by atoms with Gasteiger partial charge in [-0.1, -0.05) is 6.07 Å². The average molecular weight is 400 g/mol. The lowest BCUT2D eigenvalue weighted by molar-refractivity contribution is 0.0685. The van der Waals surface area contributed by atoms with Gasteiger partial charge in [0.25, 0.3) is 5.91 Å². The smallest absolute Gasteiger partial charge is 0.253 e. The standard InChI is InChI=1S/C20H18FN5O.ClH/c21-15-2-1-3-16-17(15)18(23)25-20(24-16)8-10-26(11-9-20)19(27)14-6-4-13(12-22)5-7-14;/h1-7,24H,8-11H2,(H2,23,25);1H. The van der Waals surface area contributed by atoms with Crippen LogP contribution in [0.15, 0.2) is 47.5 Å². The first kappa shape index (κ1) is 19.6. The molecule has 144 valence electrons. The van der Waals surface area contributed by atoms with Crippen molar-refractivity contribution in [3.05, 3.63) is 65.0 Å². The fraction of sp³-hybridized carbons (Fsp3) is 0.250. The number of halogens is 2. The zero-order chi connectivity index (χ0) is 19.0. The number of nitriles is 1. The van der Waals surface area contributed by atoms with Gasteiger partial charge in [-0.2, -0.15) is 5.26 Å². The van der Waals surface area contributed by atoms with E-state index in [9.17, 15) is 9.18 Å².